The third kappa shape index (κ3) is 2.26. The van der Waals surface area contributed by atoms with E-state index in [2.05, 4.69) is 20.4 Å². The minimum absolute atomic E-state index is 0.0320. The van der Waals surface area contributed by atoms with Crippen molar-refractivity contribution in [3.63, 3.8) is 0 Å². The minimum Gasteiger partial charge on any atom is -0.392 e. The van der Waals surface area contributed by atoms with Crippen LogP contribution in [0.4, 0.5) is 0 Å². The Morgan fingerprint density at radius 2 is 2.00 bits per heavy atom. The molecule has 0 unspecified atom stereocenters. The van der Waals surface area contributed by atoms with Crippen LogP contribution < -0.4 is 0 Å². The van der Waals surface area contributed by atoms with Crippen LogP contribution in [0.2, 0.25) is 0 Å². The number of aliphatic hydroxyl groups is 2. The molecule has 3 saturated carbocycles. The van der Waals surface area contributed by atoms with E-state index in [4.69, 9.17) is 0 Å². The summed E-state index contributed by atoms with van der Waals surface area (Å²) in [5.74, 6) is 0.782. The number of ketones is 1. The average Bonchev–Trinajstić information content (AvgIpc) is 2.51. The van der Waals surface area contributed by atoms with Gasteiger partial charge in [-0.05, 0) is 62.2 Å². The lowest BCUT2D eigenvalue weighted by Gasteiger charge is -2.64. The Labute approximate surface area is 140 Å². The van der Waals surface area contributed by atoms with Gasteiger partial charge in [0, 0.05) is 10.8 Å². The number of fused-ring (bicyclic) bond motifs is 3. The second-order valence-corrected chi connectivity index (χ2v) is 9.13. The van der Waals surface area contributed by atoms with E-state index in [-0.39, 0.29) is 29.3 Å². The van der Waals surface area contributed by atoms with Crippen LogP contribution in [-0.2, 0) is 4.79 Å². The van der Waals surface area contributed by atoms with Crippen molar-refractivity contribution in [1.29, 1.82) is 0 Å². The van der Waals surface area contributed by atoms with Crippen molar-refractivity contribution in [3.05, 3.63) is 12.2 Å². The first-order valence-electron chi connectivity index (χ1n) is 9.19. The standard InChI is InChI=1S/C20H32O3/c1-13-6-5-7-15-19(3)9-8-18(2,17(23)12-21)11-14(19)10-16(22)20(13,15)4/h14-16,21-22H,1,5-12H2,2-4H3/t14-,15+,16-,18-,19-,20-/m0/s1. The van der Waals surface area contributed by atoms with Gasteiger partial charge in [-0.1, -0.05) is 32.9 Å². The van der Waals surface area contributed by atoms with E-state index in [0.29, 0.717) is 11.8 Å². The number of hydrogen-bond acceptors (Lipinski definition) is 3. The summed E-state index contributed by atoms with van der Waals surface area (Å²) in [6.45, 7) is 10.6. The molecule has 3 fully saturated rings. The maximum Gasteiger partial charge on any atom is 0.164 e. The zero-order valence-electron chi connectivity index (χ0n) is 14.9. The first-order chi connectivity index (χ1) is 10.7. The number of hydrogen-bond donors (Lipinski definition) is 2. The molecule has 3 nitrogen and oxygen atoms in total. The Kier molecular flexibility index (Phi) is 4.04. The number of rotatable bonds is 2. The third-order valence-corrected chi connectivity index (χ3v) is 8.11. The van der Waals surface area contributed by atoms with E-state index in [1.165, 1.54) is 12.0 Å². The Morgan fingerprint density at radius 3 is 2.65 bits per heavy atom. The van der Waals surface area contributed by atoms with Gasteiger partial charge in [0.2, 0.25) is 0 Å². The highest BCUT2D eigenvalue weighted by Gasteiger charge is 2.61. The van der Waals surface area contributed by atoms with Crippen LogP contribution in [0, 0.1) is 28.1 Å². The highest BCUT2D eigenvalue weighted by molar-refractivity contribution is 5.85. The molecule has 0 aromatic rings. The first kappa shape index (κ1) is 17.2. The first-order valence-corrected chi connectivity index (χ1v) is 9.19. The fourth-order valence-corrected chi connectivity index (χ4v) is 6.22. The smallest absolute Gasteiger partial charge is 0.164 e. The van der Waals surface area contributed by atoms with Gasteiger partial charge in [-0.15, -0.1) is 0 Å². The molecule has 0 saturated heterocycles. The number of carbonyl (C=O) groups is 1. The summed E-state index contributed by atoms with van der Waals surface area (Å²) in [7, 11) is 0. The highest BCUT2D eigenvalue weighted by Crippen LogP contribution is 2.66. The van der Waals surface area contributed by atoms with E-state index in [0.717, 1.165) is 38.5 Å². The summed E-state index contributed by atoms with van der Waals surface area (Å²) in [6, 6.07) is 0. The lowest BCUT2D eigenvalue weighted by Crippen LogP contribution is -2.60. The molecule has 3 heteroatoms. The van der Waals surface area contributed by atoms with Crippen molar-refractivity contribution in [2.75, 3.05) is 6.61 Å². The average molecular weight is 320 g/mol. The molecule has 23 heavy (non-hydrogen) atoms. The second kappa shape index (κ2) is 5.42. The van der Waals surface area contributed by atoms with Crippen molar-refractivity contribution >= 4 is 5.78 Å². The fraction of sp³-hybridized carbons (Fsp3) is 0.850. The molecule has 6 atom stereocenters. The van der Waals surface area contributed by atoms with Crippen LogP contribution in [0.25, 0.3) is 0 Å². The molecule has 0 bridgehead atoms. The lowest BCUT2D eigenvalue weighted by molar-refractivity contribution is -0.168. The quantitative estimate of drug-likeness (QED) is 0.766. The molecule has 2 N–H and O–H groups in total. The van der Waals surface area contributed by atoms with Crippen molar-refractivity contribution in [2.45, 2.75) is 71.8 Å². The SMILES string of the molecule is C=C1CCC[C@@H]2[C@@]3(C)CC[C@](C)(C(=O)CO)C[C@@H]3C[C@H](O)[C@@]12C. The van der Waals surface area contributed by atoms with Crippen molar-refractivity contribution in [2.24, 2.45) is 28.1 Å². The Morgan fingerprint density at radius 1 is 1.30 bits per heavy atom. The van der Waals surface area contributed by atoms with Gasteiger partial charge >= 0.3 is 0 Å². The van der Waals surface area contributed by atoms with Crippen molar-refractivity contribution < 1.29 is 15.0 Å². The summed E-state index contributed by atoms with van der Waals surface area (Å²) in [6.07, 6.45) is 6.44. The van der Waals surface area contributed by atoms with Gasteiger partial charge in [0.05, 0.1) is 6.10 Å². The van der Waals surface area contributed by atoms with Crippen LogP contribution in [0.1, 0.15) is 65.7 Å². The highest BCUT2D eigenvalue weighted by atomic mass is 16.3. The fourth-order valence-electron chi connectivity index (χ4n) is 6.22. The van der Waals surface area contributed by atoms with Crippen molar-refractivity contribution in [1.82, 2.24) is 0 Å². The molecular formula is C20H32O3. The summed E-state index contributed by atoms with van der Waals surface area (Å²) in [5, 5.41) is 20.3. The zero-order chi connectivity index (χ0) is 17.0. The van der Waals surface area contributed by atoms with Gasteiger partial charge < -0.3 is 10.2 Å². The minimum atomic E-state index is -0.419. The summed E-state index contributed by atoms with van der Waals surface area (Å²) in [4.78, 5) is 12.2. The second-order valence-electron chi connectivity index (χ2n) is 9.13. The largest absolute Gasteiger partial charge is 0.392 e. The topological polar surface area (TPSA) is 57.5 Å². The molecule has 0 aliphatic heterocycles. The summed E-state index contributed by atoms with van der Waals surface area (Å²) in [5.41, 5.74) is 0.809. The molecule has 0 radical (unpaired) electrons. The maximum absolute atomic E-state index is 12.2. The van der Waals surface area contributed by atoms with Gasteiger partial charge in [-0.25, -0.2) is 0 Å². The Bertz CT molecular complexity index is 527. The van der Waals surface area contributed by atoms with Gasteiger partial charge in [0.1, 0.15) is 6.61 Å². The van der Waals surface area contributed by atoms with Crippen LogP contribution >= 0.6 is 0 Å². The molecule has 3 aliphatic rings. The number of Topliss-reactive ketones (excluding diaryl/α,β-unsaturated/α-hetero) is 1. The molecular weight excluding hydrogens is 288 g/mol. The number of aliphatic hydroxyl groups excluding tert-OH is 2. The van der Waals surface area contributed by atoms with Gasteiger partial charge in [0.25, 0.3) is 0 Å². The predicted octanol–water partition coefficient (Wildman–Crippen LogP) is 3.49. The third-order valence-electron chi connectivity index (χ3n) is 8.11. The summed E-state index contributed by atoms with van der Waals surface area (Å²) >= 11 is 0. The number of carbonyl (C=O) groups excluding carboxylic acids is 1. The molecule has 0 aromatic heterocycles. The molecule has 0 aromatic carbocycles. The normalized spacial score (nSPS) is 50.1. The van der Waals surface area contributed by atoms with E-state index in [1.807, 2.05) is 6.92 Å². The zero-order valence-corrected chi connectivity index (χ0v) is 14.9. The predicted molar refractivity (Wildman–Crippen MR) is 90.9 cm³/mol. The maximum atomic E-state index is 12.2. The molecule has 0 amide bonds. The monoisotopic (exact) mass is 320 g/mol. The van der Waals surface area contributed by atoms with Crippen LogP contribution in [0.3, 0.4) is 0 Å². The Balaban J connectivity index is 1.94. The molecule has 3 rings (SSSR count). The lowest BCUT2D eigenvalue weighted by atomic mass is 9.41. The summed E-state index contributed by atoms with van der Waals surface area (Å²) < 4.78 is 0. The molecule has 3 aliphatic carbocycles. The van der Waals surface area contributed by atoms with E-state index < -0.39 is 5.41 Å². The molecule has 0 spiro atoms. The van der Waals surface area contributed by atoms with Crippen LogP contribution in [0.15, 0.2) is 12.2 Å². The van der Waals surface area contributed by atoms with E-state index in [1.54, 1.807) is 0 Å². The van der Waals surface area contributed by atoms with Gasteiger partial charge in [-0.3, -0.25) is 4.79 Å². The van der Waals surface area contributed by atoms with Crippen molar-refractivity contribution in [3.8, 4) is 0 Å². The van der Waals surface area contributed by atoms with Gasteiger partial charge in [-0.2, -0.15) is 0 Å². The molecule has 0 heterocycles. The van der Waals surface area contributed by atoms with E-state index >= 15 is 0 Å². The molecule has 130 valence electrons. The Hall–Kier alpha value is -0.670. The van der Waals surface area contributed by atoms with Crippen LogP contribution in [-0.4, -0.2) is 28.7 Å². The van der Waals surface area contributed by atoms with Crippen LogP contribution in [0.5, 0.6) is 0 Å². The van der Waals surface area contributed by atoms with E-state index in [9.17, 15) is 15.0 Å². The van der Waals surface area contributed by atoms with Gasteiger partial charge in [0.15, 0.2) is 5.78 Å².